The second-order valence-electron chi connectivity index (χ2n) is 6.81. The fourth-order valence-corrected chi connectivity index (χ4v) is 3.09. The molecule has 2 N–H and O–H groups in total. The first-order chi connectivity index (χ1) is 13.7. The molecule has 1 aromatic carbocycles. The van der Waals surface area contributed by atoms with Gasteiger partial charge in [0.1, 0.15) is 0 Å². The molecular weight excluding hydrogens is 350 g/mol. The average Bonchev–Trinajstić information content (AvgIpc) is 3.30. The molecule has 2 heterocycles. The summed E-state index contributed by atoms with van der Waals surface area (Å²) in [5.41, 5.74) is 4.53. The number of benzene rings is 1. The largest absolute Gasteiger partial charge is 0.356 e. The minimum absolute atomic E-state index is 0.803. The van der Waals surface area contributed by atoms with E-state index < -0.39 is 0 Å². The highest BCUT2D eigenvalue weighted by Gasteiger charge is 2.03. The molecule has 0 fully saturated rings. The summed E-state index contributed by atoms with van der Waals surface area (Å²) in [5, 5.41) is 15.6. The zero-order valence-electron chi connectivity index (χ0n) is 16.9. The lowest BCUT2D eigenvalue weighted by Gasteiger charge is -2.11. The average molecular weight is 380 g/mol. The van der Waals surface area contributed by atoms with Gasteiger partial charge in [-0.3, -0.25) is 9.67 Å². The van der Waals surface area contributed by atoms with Crippen molar-refractivity contribution >= 4 is 5.96 Å². The lowest BCUT2D eigenvalue weighted by Crippen LogP contribution is -2.39. The van der Waals surface area contributed by atoms with E-state index in [9.17, 15) is 0 Å². The molecule has 0 radical (unpaired) electrons. The van der Waals surface area contributed by atoms with Crippen LogP contribution < -0.4 is 10.6 Å². The van der Waals surface area contributed by atoms with E-state index in [1.54, 1.807) is 7.05 Å². The SMILES string of the molecule is CN=C(NCCCn1nc(C)cc1C)NCCc1cnn(-c2ccccc2)c1. The number of hydrogen-bond donors (Lipinski definition) is 2. The molecule has 0 unspecified atom stereocenters. The number of para-hydroxylation sites is 1. The molecule has 0 saturated carbocycles. The number of guanidine groups is 1. The van der Waals surface area contributed by atoms with E-state index in [4.69, 9.17) is 0 Å². The van der Waals surface area contributed by atoms with E-state index in [0.29, 0.717) is 0 Å². The third-order valence-corrected chi connectivity index (χ3v) is 4.53. The van der Waals surface area contributed by atoms with E-state index in [1.807, 2.05) is 48.1 Å². The van der Waals surface area contributed by atoms with E-state index >= 15 is 0 Å². The minimum atomic E-state index is 0.803. The molecular formula is C21H29N7. The number of aromatic nitrogens is 4. The molecule has 0 aliphatic carbocycles. The molecule has 148 valence electrons. The smallest absolute Gasteiger partial charge is 0.190 e. The van der Waals surface area contributed by atoms with E-state index in [0.717, 1.165) is 49.8 Å². The quantitative estimate of drug-likeness (QED) is 0.358. The second-order valence-corrected chi connectivity index (χ2v) is 6.81. The highest BCUT2D eigenvalue weighted by atomic mass is 15.3. The van der Waals surface area contributed by atoms with Crippen molar-refractivity contribution in [3.8, 4) is 5.69 Å². The first-order valence-corrected chi connectivity index (χ1v) is 9.70. The Morgan fingerprint density at radius 3 is 2.61 bits per heavy atom. The predicted octanol–water partition coefficient (Wildman–Crippen LogP) is 2.48. The van der Waals surface area contributed by atoms with Gasteiger partial charge in [0.05, 0.1) is 17.6 Å². The maximum absolute atomic E-state index is 4.49. The fourth-order valence-electron chi connectivity index (χ4n) is 3.09. The van der Waals surface area contributed by atoms with Crippen LogP contribution in [0.15, 0.2) is 53.8 Å². The normalized spacial score (nSPS) is 11.6. The van der Waals surface area contributed by atoms with Gasteiger partial charge >= 0.3 is 0 Å². The summed E-state index contributed by atoms with van der Waals surface area (Å²) in [4.78, 5) is 4.29. The fraction of sp³-hybridized carbons (Fsp3) is 0.381. The van der Waals surface area contributed by atoms with E-state index in [-0.39, 0.29) is 0 Å². The Labute approximate surface area is 166 Å². The van der Waals surface area contributed by atoms with Crippen LogP contribution in [-0.2, 0) is 13.0 Å². The second kappa shape index (κ2) is 9.73. The topological polar surface area (TPSA) is 72.1 Å². The summed E-state index contributed by atoms with van der Waals surface area (Å²) in [6, 6.07) is 12.2. The Morgan fingerprint density at radius 2 is 1.89 bits per heavy atom. The van der Waals surface area contributed by atoms with Crippen molar-refractivity contribution in [2.45, 2.75) is 33.2 Å². The summed E-state index contributed by atoms with van der Waals surface area (Å²) in [7, 11) is 1.80. The molecule has 3 rings (SSSR count). The van der Waals surface area contributed by atoms with Gasteiger partial charge in [-0.25, -0.2) is 4.68 Å². The number of nitrogens with zero attached hydrogens (tertiary/aromatic N) is 5. The van der Waals surface area contributed by atoms with E-state index in [1.165, 1.54) is 11.3 Å². The van der Waals surface area contributed by atoms with Gasteiger partial charge in [0.15, 0.2) is 5.96 Å². The predicted molar refractivity (Wildman–Crippen MR) is 113 cm³/mol. The van der Waals surface area contributed by atoms with Crippen molar-refractivity contribution in [3.05, 3.63) is 65.7 Å². The van der Waals surface area contributed by atoms with Crippen LogP contribution in [0.4, 0.5) is 0 Å². The summed E-state index contributed by atoms with van der Waals surface area (Å²) in [6.45, 7) is 6.68. The van der Waals surface area contributed by atoms with Crippen molar-refractivity contribution in [1.82, 2.24) is 30.2 Å². The molecule has 7 nitrogen and oxygen atoms in total. The summed E-state index contributed by atoms with van der Waals surface area (Å²) >= 11 is 0. The van der Waals surface area contributed by atoms with Crippen LogP contribution in [0.2, 0.25) is 0 Å². The van der Waals surface area contributed by atoms with Crippen LogP contribution in [0.25, 0.3) is 5.69 Å². The molecule has 2 aromatic heterocycles. The molecule has 28 heavy (non-hydrogen) atoms. The van der Waals surface area contributed by atoms with Crippen molar-refractivity contribution in [2.75, 3.05) is 20.1 Å². The molecule has 0 spiro atoms. The van der Waals surface area contributed by atoms with Gasteiger partial charge in [0.25, 0.3) is 0 Å². The third kappa shape index (κ3) is 5.45. The number of aryl methyl sites for hydroxylation is 3. The lowest BCUT2D eigenvalue weighted by atomic mass is 10.2. The van der Waals surface area contributed by atoms with Gasteiger partial charge in [-0.05, 0) is 50.5 Å². The monoisotopic (exact) mass is 379 g/mol. The molecule has 0 saturated heterocycles. The van der Waals surface area contributed by atoms with Gasteiger partial charge in [-0.2, -0.15) is 10.2 Å². The van der Waals surface area contributed by atoms with Crippen molar-refractivity contribution in [3.63, 3.8) is 0 Å². The standard InChI is InChI=1S/C21H29N7/c1-17-14-18(2)27(26-17)13-7-11-23-21(22-3)24-12-10-19-15-25-28(16-19)20-8-5-4-6-9-20/h4-6,8-9,14-16H,7,10-13H2,1-3H3,(H2,22,23,24). The zero-order chi connectivity index (χ0) is 19.8. The van der Waals surface area contributed by atoms with Crippen LogP contribution in [-0.4, -0.2) is 45.7 Å². The Balaban J connectivity index is 1.37. The minimum Gasteiger partial charge on any atom is -0.356 e. The van der Waals surface area contributed by atoms with Crippen LogP contribution >= 0.6 is 0 Å². The first-order valence-electron chi connectivity index (χ1n) is 9.70. The summed E-state index contributed by atoms with van der Waals surface area (Å²) in [5.74, 6) is 0.823. The number of hydrogen-bond acceptors (Lipinski definition) is 3. The Kier molecular flexibility index (Phi) is 6.84. The van der Waals surface area contributed by atoms with Gasteiger partial charge < -0.3 is 10.6 Å². The Bertz CT molecular complexity index is 893. The maximum Gasteiger partial charge on any atom is 0.190 e. The molecule has 0 aliphatic rings. The molecule has 0 atom stereocenters. The highest BCUT2D eigenvalue weighted by molar-refractivity contribution is 5.79. The van der Waals surface area contributed by atoms with Crippen molar-refractivity contribution in [1.29, 1.82) is 0 Å². The molecule has 0 bridgehead atoms. The van der Waals surface area contributed by atoms with Crippen molar-refractivity contribution < 1.29 is 0 Å². The van der Waals surface area contributed by atoms with Gasteiger partial charge in [0, 0.05) is 38.6 Å². The highest BCUT2D eigenvalue weighted by Crippen LogP contribution is 2.07. The zero-order valence-corrected chi connectivity index (χ0v) is 16.9. The molecule has 0 aliphatic heterocycles. The first kappa shape index (κ1) is 19.7. The number of rotatable bonds is 8. The van der Waals surface area contributed by atoms with Gasteiger partial charge in [-0.1, -0.05) is 18.2 Å². The molecule has 0 amide bonds. The van der Waals surface area contributed by atoms with Gasteiger partial charge in [-0.15, -0.1) is 0 Å². The summed E-state index contributed by atoms with van der Waals surface area (Å²) in [6.07, 6.45) is 5.87. The van der Waals surface area contributed by atoms with Crippen molar-refractivity contribution in [2.24, 2.45) is 4.99 Å². The van der Waals surface area contributed by atoms with Crippen LogP contribution in [0.3, 0.4) is 0 Å². The lowest BCUT2D eigenvalue weighted by molar-refractivity contribution is 0.555. The number of aliphatic imine (C=N–C) groups is 1. The van der Waals surface area contributed by atoms with E-state index in [2.05, 4.69) is 49.7 Å². The molecule has 3 aromatic rings. The van der Waals surface area contributed by atoms with Gasteiger partial charge in [0.2, 0.25) is 0 Å². The maximum atomic E-state index is 4.49. The van der Waals surface area contributed by atoms with Crippen LogP contribution in [0.1, 0.15) is 23.4 Å². The van der Waals surface area contributed by atoms with Crippen LogP contribution in [0, 0.1) is 13.8 Å². The third-order valence-electron chi connectivity index (χ3n) is 4.53. The number of nitrogens with one attached hydrogen (secondary N) is 2. The summed E-state index contributed by atoms with van der Waals surface area (Å²) < 4.78 is 3.96. The Hall–Kier alpha value is -3.09. The van der Waals surface area contributed by atoms with Crippen LogP contribution in [0.5, 0.6) is 0 Å². The Morgan fingerprint density at radius 1 is 1.11 bits per heavy atom. The molecule has 7 heteroatoms.